The van der Waals surface area contributed by atoms with Gasteiger partial charge in [0.15, 0.2) is 5.13 Å². The third-order valence-corrected chi connectivity index (χ3v) is 2.38. The Balaban J connectivity index is 2.31. The number of methoxy groups -OCH3 is 1. The van der Waals surface area contributed by atoms with Crippen molar-refractivity contribution in [1.82, 2.24) is 10.3 Å². The number of ether oxygens (including phenoxy) is 1. The van der Waals surface area contributed by atoms with E-state index < -0.39 is 0 Å². The minimum Gasteiger partial charge on any atom is -0.383 e. The number of carbonyl (C=O) groups is 1. The van der Waals surface area contributed by atoms with Crippen molar-refractivity contribution in [2.45, 2.75) is 6.54 Å². The van der Waals surface area contributed by atoms with Gasteiger partial charge in [-0.05, 0) is 0 Å². The quantitative estimate of drug-likeness (QED) is 0.637. The number of anilines is 1. The lowest BCUT2D eigenvalue weighted by Gasteiger charge is -2.03. The van der Waals surface area contributed by atoms with Gasteiger partial charge in [0.25, 0.3) is 0 Å². The molecule has 0 atom stereocenters. The molecule has 7 heteroatoms. The molecule has 1 heterocycles. The normalized spacial score (nSPS) is 10.0. The lowest BCUT2D eigenvalue weighted by Crippen LogP contribution is -2.31. The van der Waals surface area contributed by atoms with E-state index in [1.807, 2.05) is 5.38 Å². The molecule has 0 aliphatic heterocycles. The van der Waals surface area contributed by atoms with Gasteiger partial charge in [-0.1, -0.05) is 0 Å². The van der Waals surface area contributed by atoms with Gasteiger partial charge in [-0.2, -0.15) is 0 Å². The van der Waals surface area contributed by atoms with Gasteiger partial charge in [-0.3, -0.25) is 5.32 Å². The molecule has 2 amide bonds. The summed E-state index contributed by atoms with van der Waals surface area (Å²) in [5.74, 6) is 0. The summed E-state index contributed by atoms with van der Waals surface area (Å²) in [5, 5.41) is 7.58. The lowest BCUT2D eigenvalue weighted by molar-refractivity contribution is 0.198. The van der Waals surface area contributed by atoms with Crippen molar-refractivity contribution in [3.05, 3.63) is 11.1 Å². The summed E-state index contributed by atoms with van der Waals surface area (Å²) in [4.78, 5) is 15.3. The maximum atomic E-state index is 11.2. The van der Waals surface area contributed by atoms with Crippen LogP contribution < -0.4 is 16.4 Å². The van der Waals surface area contributed by atoms with Crippen LogP contribution in [-0.4, -0.2) is 31.3 Å². The van der Waals surface area contributed by atoms with E-state index in [-0.39, 0.29) is 6.03 Å². The summed E-state index contributed by atoms with van der Waals surface area (Å²) in [5.41, 5.74) is 6.16. The smallest absolute Gasteiger partial charge is 0.321 e. The molecule has 0 saturated heterocycles. The van der Waals surface area contributed by atoms with E-state index in [1.165, 1.54) is 11.3 Å². The molecule has 15 heavy (non-hydrogen) atoms. The van der Waals surface area contributed by atoms with Gasteiger partial charge >= 0.3 is 6.03 Å². The van der Waals surface area contributed by atoms with Gasteiger partial charge < -0.3 is 15.8 Å². The number of hydrogen-bond acceptors (Lipinski definition) is 5. The summed E-state index contributed by atoms with van der Waals surface area (Å²) in [6.07, 6.45) is 0. The van der Waals surface area contributed by atoms with Crippen LogP contribution >= 0.6 is 11.3 Å². The molecule has 6 nitrogen and oxygen atoms in total. The van der Waals surface area contributed by atoms with Crippen molar-refractivity contribution in [1.29, 1.82) is 0 Å². The van der Waals surface area contributed by atoms with Gasteiger partial charge in [0.2, 0.25) is 0 Å². The number of nitrogens with one attached hydrogen (secondary N) is 2. The molecule has 0 radical (unpaired) electrons. The van der Waals surface area contributed by atoms with Gasteiger partial charge in [0, 0.05) is 25.6 Å². The maximum Gasteiger partial charge on any atom is 0.321 e. The number of urea groups is 1. The molecule has 1 aromatic heterocycles. The number of nitrogens with two attached hydrogens (primary N) is 1. The van der Waals surface area contributed by atoms with Crippen LogP contribution in [0.5, 0.6) is 0 Å². The fourth-order valence-electron chi connectivity index (χ4n) is 0.866. The second-order valence-corrected chi connectivity index (χ2v) is 3.58. The largest absolute Gasteiger partial charge is 0.383 e. The van der Waals surface area contributed by atoms with Crippen molar-refractivity contribution in [2.75, 3.05) is 25.6 Å². The Kier molecular flexibility index (Phi) is 5.02. The van der Waals surface area contributed by atoms with Crippen LogP contribution in [0.2, 0.25) is 0 Å². The Bertz CT molecular complexity index is 315. The Morgan fingerprint density at radius 1 is 1.73 bits per heavy atom. The number of hydrogen-bond donors (Lipinski definition) is 3. The van der Waals surface area contributed by atoms with Crippen LogP contribution in [0.1, 0.15) is 5.69 Å². The van der Waals surface area contributed by atoms with Crippen LogP contribution in [0.3, 0.4) is 0 Å². The van der Waals surface area contributed by atoms with E-state index in [0.717, 1.165) is 5.69 Å². The van der Waals surface area contributed by atoms with E-state index in [1.54, 1.807) is 7.11 Å². The van der Waals surface area contributed by atoms with Crippen molar-refractivity contribution < 1.29 is 9.53 Å². The van der Waals surface area contributed by atoms with E-state index in [2.05, 4.69) is 15.6 Å². The minimum atomic E-state index is -0.287. The zero-order valence-corrected chi connectivity index (χ0v) is 9.26. The van der Waals surface area contributed by atoms with Crippen LogP contribution in [0.15, 0.2) is 5.38 Å². The fraction of sp³-hybridized carbons (Fsp3) is 0.500. The Hall–Kier alpha value is -1.18. The number of carbonyl (C=O) groups excluding carboxylic acids is 1. The molecular weight excluding hydrogens is 216 g/mol. The highest BCUT2D eigenvalue weighted by atomic mass is 32.1. The highest BCUT2D eigenvalue weighted by Crippen LogP contribution is 2.14. The molecule has 0 bridgehead atoms. The standard InChI is InChI=1S/C8H14N4O2S/c1-14-3-2-10-7(13)12-8-11-6(4-9)5-15-8/h5H,2-4,9H2,1H3,(H2,10,11,12,13). The first kappa shape index (κ1) is 11.9. The molecule has 0 saturated carbocycles. The second-order valence-electron chi connectivity index (χ2n) is 2.72. The molecule has 0 spiro atoms. The zero-order valence-electron chi connectivity index (χ0n) is 8.45. The second kappa shape index (κ2) is 6.33. The topological polar surface area (TPSA) is 89.3 Å². The molecule has 0 aromatic carbocycles. The number of amides is 2. The van der Waals surface area contributed by atoms with Crippen molar-refractivity contribution in [3.8, 4) is 0 Å². The average molecular weight is 230 g/mol. The molecule has 0 aliphatic rings. The SMILES string of the molecule is COCCNC(=O)Nc1nc(CN)cs1. The van der Waals surface area contributed by atoms with Crippen molar-refractivity contribution in [2.24, 2.45) is 5.73 Å². The third kappa shape index (κ3) is 4.24. The summed E-state index contributed by atoms with van der Waals surface area (Å²) in [7, 11) is 1.58. The van der Waals surface area contributed by atoms with Gasteiger partial charge in [-0.15, -0.1) is 11.3 Å². The van der Waals surface area contributed by atoms with Crippen LogP contribution in [0, 0.1) is 0 Å². The first-order chi connectivity index (χ1) is 7.26. The van der Waals surface area contributed by atoms with E-state index in [4.69, 9.17) is 10.5 Å². The van der Waals surface area contributed by atoms with Gasteiger partial charge in [-0.25, -0.2) is 9.78 Å². The van der Waals surface area contributed by atoms with E-state index in [0.29, 0.717) is 24.8 Å². The van der Waals surface area contributed by atoms with Gasteiger partial charge in [0.05, 0.1) is 12.3 Å². The fourth-order valence-corrected chi connectivity index (χ4v) is 1.58. The predicted octanol–water partition coefficient (Wildman–Crippen LogP) is 0.370. The molecule has 0 fully saturated rings. The Morgan fingerprint density at radius 2 is 2.53 bits per heavy atom. The summed E-state index contributed by atoms with van der Waals surface area (Å²) in [6, 6.07) is -0.287. The Morgan fingerprint density at radius 3 is 3.13 bits per heavy atom. The number of aromatic nitrogens is 1. The Labute approximate surface area is 91.8 Å². The number of thiazole rings is 1. The zero-order chi connectivity index (χ0) is 11.1. The maximum absolute atomic E-state index is 11.2. The van der Waals surface area contributed by atoms with Crippen molar-refractivity contribution in [3.63, 3.8) is 0 Å². The summed E-state index contributed by atoms with van der Waals surface area (Å²) in [6.45, 7) is 1.33. The highest BCUT2D eigenvalue weighted by Gasteiger charge is 2.04. The minimum absolute atomic E-state index is 0.287. The molecule has 1 aromatic rings. The number of nitrogens with zero attached hydrogens (tertiary/aromatic N) is 1. The van der Waals surface area contributed by atoms with E-state index in [9.17, 15) is 4.79 Å². The third-order valence-electron chi connectivity index (χ3n) is 1.57. The molecule has 84 valence electrons. The average Bonchev–Trinajstić information content (AvgIpc) is 2.66. The summed E-state index contributed by atoms with van der Waals surface area (Å²) >= 11 is 1.35. The first-order valence-electron chi connectivity index (χ1n) is 4.44. The molecular formula is C8H14N4O2S. The van der Waals surface area contributed by atoms with E-state index >= 15 is 0 Å². The predicted molar refractivity (Wildman–Crippen MR) is 58.9 cm³/mol. The molecule has 4 N–H and O–H groups in total. The lowest BCUT2D eigenvalue weighted by atomic mass is 10.5. The molecule has 1 rings (SSSR count). The van der Waals surface area contributed by atoms with Crippen molar-refractivity contribution >= 4 is 22.5 Å². The van der Waals surface area contributed by atoms with Crippen LogP contribution in [0.4, 0.5) is 9.93 Å². The van der Waals surface area contributed by atoms with Crippen LogP contribution in [0.25, 0.3) is 0 Å². The van der Waals surface area contributed by atoms with Crippen LogP contribution in [-0.2, 0) is 11.3 Å². The first-order valence-corrected chi connectivity index (χ1v) is 5.32. The highest BCUT2D eigenvalue weighted by molar-refractivity contribution is 7.13. The number of rotatable bonds is 5. The molecule has 0 unspecified atom stereocenters. The monoisotopic (exact) mass is 230 g/mol. The molecule has 0 aliphatic carbocycles. The van der Waals surface area contributed by atoms with Gasteiger partial charge in [0.1, 0.15) is 0 Å². The summed E-state index contributed by atoms with van der Waals surface area (Å²) < 4.78 is 4.79.